The zero-order chi connectivity index (χ0) is 13.8. The van der Waals surface area contributed by atoms with E-state index in [-0.39, 0.29) is 5.69 Å². The minimum Gasteiger partial charge on any atom is -0.370 e. The Morgan fingerprint density at radius 2 is 2.21 bits per heavy atom. The molecular weight excluding hydrogens is 264 g/mol. The van der Waals surface area contributed by atoms with Crippen LogP contribution in [0.2, 0.25) is 0 Å². The molecule has 0 bridgehead atoms. The second-order valence-electron chi connectivity index (χ2n) is 3.86. The van der Waals surface area contributed by atoms with Crippen molar-refractivity contribution in [3.05, 3.63) is 22.4 Å². The first-order chi connectivity index (χ1) is 9.17. The molecule has 0 spiro atoms. The number of hydrogen-bond donors (Lipinski definition) is 2. The molecule has 0 fully saturated rings. The molecule has 0 aromatic carbocycles. The highest BCUT2D eigenvalue weighted by molar-refractivity contribution is 7.99. The number of nitrogens with one attached hydrogen (secondary N) is 2. The topological polar surface area (TPSA) is 88.5 Å². The predicted octanol–water partition coefficient (Wildman–Crippen LogP) is 1.04. The van der Waals surface area contributed by atoms with E-state index >= 15 is 0 Å². The van der Waals surface area contributed by atoms with Gasteiger partial charge in [0.25, 0.3) is 0 Å². The van der Waals surface area contributed by atoms with Crippen molar-refractivity contribution in [3.8, 4) is 0 Å². The molecule has 0 radical (unpaired) electrons. The first-order valence-corrected chi connectivity index (χ1v) is 6.86. The Bertz CT molecular complexity index is 620. The number of aromatic amines is 1. The zero-order valence-corrected chi connectivity index (χ0v) is 11.9. The molecule has 2 aromatic rings. The van der Waals surface area contributed by atoms with Crippen LogP contribution in [0, 0.1) is 0 Å². The average Bonchev–Trinajstić information content (AvgIpc) is 2.72. The minimum absolute atomic E-state index is 0.235. The largest absolute Gasteiger partial charge is 0.370 e. The van der Waals surface area contributed by atoms with E-state index in [0.717, 1.165) is 29.4 Å². The molecule has 2 N–H and O–H groups in total. The minimum atomic E-state index is -0.235. The van der Waals surface area contributed by atoms with Crippen molar-refractivity contribution in [3.63, 3.8) is 0 Å². The van der Waals surface area contributed by atoms with Crippen LogP contribution in [0.3, 0.4) is 0 Å². The van der Waals surface area contributed by atoms with E-state index in [2.05, 4.69) is 25.5 Å². The molecule has 7 nitrogen and oxygen atoms in total. The fourth-order valence-electron chi connectivity index (χ4n) is 1.63. The Balaban J connectivity index is 2.37. The van der Waals surface area contributed by atoms with Crippen LogP contribution in [-0.4, -0.2) is 31.3 Å². The molecule has 0 aliphatic carbocycles. The second kappa shape index (κ2) is 5.87. The molecule has 8 heteroatoms. The molecule has 2 aromatic heterocycles. The molecule has 0 aliphatic rings. The zero-order valence-electron chi connectivity index (χ0n) is 11.1. The summed E-state index contributed by atoms with van der Waals surface area (Å²) in [7, 11) is 1.67. The average molecular weight is 280 g/mol. The Morgan fingerprint density at radius 1 is 1.42 bits per heavy atom. The third kappa shape index (κ3) is 2.78. The number of rotatable bonds is 5. The van der Waals surface area contributed by atoms with E-state index in [1.165, 1.54) is 22.7 Å². The van der Waals surface area contributed by atoms with Crippen LogP contribution < -0.4 is 11.0 Å². The number of H-pyrrole nitrogens is 1. The maximum absolute atomic E-state index is 11.3. The van der Waals surface area contributed by atoms with Gasteiger partial charge in [0.1, 0.15) is 17.2 Å². The molecule has 2 heterocycles. The first-order valence-electron chi connectivity index (χ1n) is 6.04. The summed E-state index contributed by atoms with van der Waals surface area (Å²) in [5.41, 5.74) is 0.798. The third-order valence-electron chi connectivity index (χ3n) is 2.63. The molecule has 0 unspecified atom stereocenters. The summed E-state index contributed by atoms with van der Waals surface area (Å²) in [5, 5.41) is 11.0. The van der Waals surface area contributed by atoms with Gasteiger partial charge >= 0.3 is 5.69 Å². The SMILES string of the molecule is CCNc1ncnc(Sc2n[nH]c(=O)n2C)c1CC. The maximum Gasteiger partial charge on any atom is 0.343 e. The van der Waals surface area contributed by atoms with Crippen LogP contribution >= 0.6 is 11.8 Å². The molecule has 102 valence electrons. The molecule has 0 aliphatic heterocycles. The van der Waals surface area contributed by atoms with Crippen molar-refractivity contribution in [1.82, 2.24) is 24.7 Å². The monoisotopic (exact) mass is 280 g/mol. The third-order valence-corrected chi connectivity index (χ3v) is 3.72. The maximum atomic E-state index is 11.3. The van der Waals surface area contributed by atoms with Gasteiger partial charge in [-0.05, 0) is 25.1 Å². The lowest BCUT2D eigenvalue weighted by Gasteiger charge is -2.11. The summed E-state index contributed by atoms with van der Waals surface area (Å²) in [4.78, 5) is 19.9. The predicted molar refractivity (Wildman–Crippen MR) is 73.5 cm³/mol. The Morgan fingerprint density at radius 3 is 2.79 bits per heavy atom. The Labute approximate surface area is 114 Å². The van der Waals surface area contributed by atoms with Gasteiger partial charge in [0.15, 0.2) is 5.16 Å². The van der Waals surface area contributed by atoms with E-state index in [9.17, 15) is 4.79 Å². The summed E-state index contributed by atoms with van der Waals surface area (Å²) in [6, 6.07) is 0. The molecule has 0 saturated heterocycles. The fraction of sp³-hybridized carbons (Fsp3) is 0.455. The summed E-state index contributed by atoms with van der Waals surface area (Å²) < 4.78 is 1.46. The molecule has 2 rings (SSSR count). The van der Waals surface area contributed by atoms with Gasteiger partial charge in [-0.25, -0.2) is 19.9 Å². The highest BCUT2D eigenvalue weighted by Crippen LogP contribution is 2.29. The van der Waals surface area contributed by atoms with Crippen molar-refractivity contribution < 1.29 is 0 Å². The van der Waals surface area contributed by atoms with E-state index in [1.54, 1.807) is 7.05 Å². The lowest BCUT2D eigenvalue weighted by molar-refractivity contribution is 0.763. The lowest BCUT2D eigenvalue weighted by atomic mass is 10.2. The van der Waals surface area contributed by atoms with Crippen molar-refractivity contribution in [2.24, 2.45) is 7.05 Å². The van der Waals surface area contributed by atoms with Crippen molar-refractivity contribution in [1.29, 1.82) is 0 Å². The molecule has 19 heavy (non-hydrogen) atoms. The van der Waals surface area contributed by atoms with Gasteiger partial charge in [-0.15, -0.1) is 5.10 Å². The van der Waals surface area contributed by atoms with Gasteiger partial charge in [-0.1, -0.05) is 6.92 Å². The van der Waals surface area contributed by atoms with Gasteiger partial charge in [0.2, 0.25) is 0 Å². The van der Waals surface area contributed by atoms with Gasteiger partial charge in [0.05, 0.1) is 0 Å². The number of aromatic nitrogens is 5. The molecule has 0 saturated carbocycles. The summed E-state index contributed by atoms with van der Waals surface area (Å²) >= 11 is 1.36. The number of hydrogen-bond acceptors (Lipinski definition) is 6. The standard InChI is InChI=1S/C11H16N6OS/c1-4-7-8(12-5-2)13-6-14-9(7)19-11-16-15-10(18)17(11)3/h6H,4-5H2,1-3H3,(H,15,18)(H,12,13,14). The van der Waals surface area contributed by atoms with Gasteiger partial charge in [0, 0.05) is 19.2 Å². The van der Waals surface area contributed by atoms with E-state index in [4.69, 9.17) is 0 Å². The van der Waals surface area contributed by atoms with Crippen LogP contribution in [0.4, 0.5) is 5.82 Å². The normalized spacial score (nSPS) is 10.7. The van der Waals surface area contributed by atoms with Gasteiger partial charge < -0.3 is 5.32 Å². The summed E-state index contributed by atoms with van der Waals surface area (Å²) in [6.45, 7) is 4.87. The molecular formula is C11H16N6OS. The highest BCUT2D eigenvalue weighted by Gasteiger charge is 2.14. The van der Waals surface area contributed by atoms with E-state index in [1.807, 2.05) is 13.8 Å². The van der Waals surface area contributed by atoms with Crippen molar-refractivity contribution >= 4 is 17.6 Å². The Hall–Kier alpha value is -1.83. The van der Waals surface area contributed by atoms with E-state index in [0.29, 0.717) is 5.16 Å². The summed E-state index contributed by atoms with van der Waals surface area (Å²) in [6.07, 6.45) is 2.33. The second-order valence-corrected chi connectivity index (χ2v) is 4.82. The fourth-order valence-corrected chi connectivity index (χ4v) is 2.58. The van der Waals surface area contributed by atoms with Crippen LogP contribution in [0.15, 0.2) is 21.3 Å². The number of anilines is 1. The first kappa shape index (κ1) is 13.6. The molecule has 0 amide bonds. The van der Waals surface area contributed by atoms with Crippen LogP contribution in [0.5, 0.6) is 0 Å². The van der Waals surface area contributed by atoms with Gasteiger partial charge in [-0.3, -0.25) is 4.57 Å². The summed E-state index contributed by atoms with van der Waals surface area (Å²) in [5.74, 6) is 0.836. The lowest BCUT2D eigenvalue weighted by Crippen LogP contribution is -2.13. The van der Waals surface area contributed by atoms with Gasteiger partial charge in [-0.2, -0.15) is 0 Å². The smallest absolute Gasteiger partial charge is 0.343 e. The van der Waals surface area contributed by atoms with Crippen LogP contribution in [-0.2, 0) is 13.5 Å². The highest BCUT2D eigenvalue weighted by atomic mass is 32.2. The van der Waals surface area contributed by atoms with Crippen molar-refractivity contribution in [2.45, 2.75) is 30.5 Å². The number of nitrogens with zero attached hydrogens (tertiary/aromatic N) is 4. The van der Waals surface area contributed by atoms with Crippen LogP contribution in [0.25, 0.3) is 0 Å². The van der Waals surface area contributed by atoms with E-state index < -0.39 is 0 Å². The molecule has 0 atom stereocenters. The van der Waals surface area contributed by atoms with Crippen LogP contribution in [0.1, 0.15) is 19.4 Å². The Kier molecular flexibility index (Phi) is 4.20. The quantitative estimate of drug-likeness (QED) is 0.796. The van der Waals surface area contributed by atoms with Crippen molar-refractivity contribution in [2.75, 3.05) is 11.9 Å².